The molecule has 0 aromatic heterocycles. The number of hydrogen-bond donors (Lipinski definition) is 1. The highest BCUT2D eigenvalue weighted by Gasteiger charge is 2.44. The van der Waals surface area contributed by atoms with Gasteiger partial charge in [-0.15, -0.1) is 0 Å². The molecule has 0 aliphatic carbocycles. The summed E-state index contributed by atoms with van der Waals surface area (Å²) >= 11 is 6.00. The maximum Gasteiger partial charge on any atom is 0.461 e. The number of nitrogens with zero attached hydrogens (tertiary/aromatic N) is 1. The van der Waals surface area contributed by atoms with E-state index < -0.39 is 24.3 Å². The minimum absolute atomic E-state index is 0.198. The number of amides is 1. The first-order valence-electron chi connectivity index (χ1n) is 10.7. The Kier molecular flexibility index (Phi) is 7.03. The predicted molar refractivity (Wildman–Crippen MR) is 126 cm³/mol. The maximum absolute atomic E-state index is 13.5. The first kappa shape index (κ1) is 24.6. The summed E-state index contributed by atoms with van der Waals surface area (Å²) < 4.78 is 56.5. The summed E-state index contributed by atoms with van der Waals surface area (Å²) in [6.45, 7) is 1.91. The van der Waals surface area contributed by atoms with Crippen molar-refractivity contribution in [3.05, 3.63) is 107 Å². The first-order valence-corrected chi connectivity index (χ1v) is 11.1. The number of ether oxygens (including phenoxy) is 1. The number of carbonyl (C=O) groups excluding carboxylic acids is 1. The van der Waals surface area contributed by atoms with Crippen molar-refractivity contribution < 1.29 is 27.1 Å². The molecule has 2 unspecified atom stereocenters. The summed E-state index contributed by atoms with van der Waals surface area (Å²) in [4.78, 5) is 14.9. The smallest absolute Gasteiger partial charge is 0.428 e. The molecule has 1 aliphatic rings. The summed E-state index contributed by atoms with van der Waals surface area (Å²) in [6.07, 6.45) is -6.96. The zero-order chi connectivity index (χ0) is 25.2. The Morgan fingerprint density at radius 1 is 1.00 bits per heavy atom. The number of hydrogen-bond acceptors (Lipinski definition) is 3. The van der Waals surface area contributed by atoms with Crippen LogP contribution in [0.5, 0.6) is 5.75 Å². The number of rotatable bonds is 8. The largest absolute Gasteiger partial charge is 0.461 e. The summed E-state index contributed by atoms with van der Waals surface area (Å²) in [5.41, 5.74) is 2.20. The van der Waals surface area contributed by atoms with E-state index in [1.54, 1.807) is 36.4 Å². The minimum Gasteiger partial charge on any atom is -0.428 e. The van der Waals surface area contributed by atoms with Crippen molar-refractivity contribution >= 4 is 23.2 Å². The van der Waals surface area contributed by atoms with Crippen LogP contribution in [0.1, 0.15) is 30.1 Å². The van der Waals surface area contributed by atoms with Gasteiger partial charge < -0.3 is 10.1 Å². The van der Waals surface area contributed by atoms with E-state index in [0.29, 0.717) is 22.0 Å². The number of anilines is 1. The molecule has 0 saturated heterocycles. The van der Waals surface area contributed by atoms with Gasteiger partial charge in [0.15, 0.2) is 0 Å². The lowest BCUT2D eigenvalue weighted by atomic mass is 10.1. The molecule has 182 valence electrons. The van der Waals surface area contributed by atoms with Gasteiger partial charge in [-0.05, 0) is 60.5 Å². The molecule has 1 N–H and O–H groups in total. The van der Waals surface area contributed by atoms with E-state index in [9.17, 15) is 22.4 Å². The Morgan fingerprint density at radius 3 is 2.34 bits per heavy atom. The summed E-state index contributed by atoms with van der Waals surface area (Å²) in [6, 6.07) is 20.6. The third-order valence-electron chi connectivity index (χ3n) is 5.54. The number of nitrogens with one attached hydrogen (secondary N) is 1. The molecule has 9 heteroatoms. The molecule has 2 atom stereocenters. The van der Waals surface area contributed by atoms with Gasteiger partial charge in [0.1, 0.15) is 5.75 Å². The highest BCUT2D eigenvalue weighted by molar-refractivity contribution is 6.30. The zero-order valence-electron chi connectivity index (χ0n) is 18.5. The van der Waals surface area contributed by atoms with Crippen LogP contribution in [0.3, 0.4) is 0 Å². The van der Waals surface area contributed by atoms with Gasteiger partial charge in [0.25, 0.3) is 5.91 Å². The van der Waals surface area contributed by atoms with Crippen LogP contribution in [-0.2, 0) is 4.79 Å². The monoisotopic (exact) mass is 504 g/mol. The van der Waals surface area contributed by atoms with E-state index in [-0.39, 0.29) is 11.9 Å². The van der Waals surface area contributed by atoms with E-state index in [2.05, 4.69) is 10.1 Å². The lowest BCUT2D eigenvalue weighted by Crippen LogP contribution is -2.34. The molecule has 4 nitrogen and oxygen atoms in total. The van der Waals surface area contributed by atoms with E-state index in [1.165, 1.54) is 17.0 Å². The molecule has 3 aromatic carbocycles. The van der Waals surface area contributed by atoms with Crippen LogP contribution in [0.2, 0.25) is 5.02 Å². The third kappa shape index (κ3) is 5.43. The molecule has 0 bridgehead atoms. The molecule has 0 radical (unpaired) electrons. The molecule has 35 heavy (non-hydrogen) atoms. The van der Waals surface area contributed by atoms with Crippen molar-refractivity contribution in [1.29, 1.82) is 0 Å². The molecule has 4 rings (SSSR count). The fraction of sp³-hybridized carbons (Fsp3) is 0.192. The van der Waals surface area contributed by atoms with Gasteiger partial charge in [-0.25, -0.2) is 0 Å². The second-order valence-electron chi connectivity index (χ2n) is 7.99. The Morgan fingerprint density at radius 2 is 1.69 bits per heavy atom. The van der Waals surface area contributed by atoms with Crippen LogP contribution >= 0.6 is 11.6 Å². The van der Waals surface area contributed by atoms with Crippen LogP contribution in [0.25, 0.3) is 0 Å². The van der Waals surface area contributed by atoms with Crippen LogP contribution < -0.4 is 15.0 Å². The Bertz CT molecular complexity index is 1220. The molecule has 1 heterocycles. The molecular weight excluding hydrogens is 484 g/mol. The summed E-state index contributed by atoms with van der Waals surface area (Å²) in [5.74, 6) is -0.784. The minimum atomic E-state index is -4.65. The van der Waals surface area contributed by atoms with Gasteiger partial charge in [-0.2, -0.15) is 17.6 Å². The molecule has 0 saturated carbocycles. The molecule has 0 fully saturated rings. The normalized spacial score (nSPS) is 16.9. The van der Waals surface area contributed by atoms with Crippen LogP contribution in [-0.4, -0.2) is 18.4 Å². The summed E-state index contributed by atoms with van der Waals surface area (Å²) in [5, 5.41) is 3.69. The highest BCUT2D eigenvalue weighted by Crippen LogP contribution is 2.38. The SMILES string of the molecule is CC(NC1=CC(c2cccc(OC(F)(F)C(F)F)c2)N(c2ccc(Cl)cc2)C1=O)c1ccccc1. The van der Waals surface area contributed by atoms with Crippen LogP contribution in [0, 0.1) is 0 Å². The lowest BCUT2D eigenvalue weighted by molar-refractivity contribution is -0.253. The maximum atomic E-state index is 13.5. The fourth-order valence-corrected chi connectivity index (χ4v) is 3.94. The van der Waals surface area contributed by atoms with Crippen molar-refractivity contribution in [2.75, 3.05) is 4.90 Å². The van der Waals surface area contributed by atoms with Crippen molar-refractivity contribution in [1.82, 2.24) is 5.32 Å². The number of carbonyl (C=O) groups is 1. The third-order valence-corrected chi connectivity index (χ3v) is 5.79. The lowest BCUT2D eigenvalue weighted by Gasteiger charge is -2.26. The Balaban J connectivity index is 1.69. The molecule has 0 spiro atoms. The average molecular weight is 505 g/mol. The van der Waals surface area contributed by atoms with Crippen molar-refractivity contribution in [3.8, 4) is 5.75 Å². The predicted octanol–water partition coefficient (Wildman–Crippen LogP) is 6.90. The van der Waals surface area contributed by atoms with Gasteiger partial charge in [0, 0.05) is 16.8 Å². The van der Waals surface area contributed by atoms with Crippen molar-refractivity contribution in [2.45, 2.75) is 31.5 Å². The van der Waals surface area contributed by atoms with Gasteiger partial charge in [0.05, 0.1) is 11.7 Å². The van der Waals surface area contributed by atoms with E-state index in [4.69, 9.17) is 11.6 Å². The summed E-state index contributed by atoms with van der Waals surface area (Å²) in [7, 11) is 0. The fourth-order valence-electron chi connectivity index (χ4n) is 3.82. The second kappa shape index (κ2) is 10.00. The molecular formula is C26H21ClF4N2O2. The van der Waals surface area contributed by atoms with Gasteiger partial charge in [-0.1, -0.05) is 54.1 Å². The van der Waals surface area contributed by atoms with Gasteiger partial charge in [-0.3, -0.25) is 9.69 Å². The zero-order valence-corrected chi connectivity index (χ0v) is 19.2. The second-order valence-corrected chi connectivity index (χ2v) is 8.43. The number of halogens is 5. The topological polar surface area (TPSA) is 41.6 Å². The first-order chi connectivity index (χ1) is 16.7. The number of benzene rings is 3. The standard InChI is InChI=1S/C26H21ClF4N2O2/c1-16(17-6-3-2-4-7-17)32-22-15-23(33(24(22)34)20-12-10-19(27)11-13-20)18-8-5-9-21(14-18)35-26(30,31)25(28)29/h2-16,23,25,32H,1H3. The van der Waals surface area contributed by atoms with Gasteiger partial charge in [0.2, 0.25) is 0 Å². The Labute approximate surface area is 204 Å². The molecule has 1 aliphatic heterocycles. The molecule has 1 amide bonds. The number of alkyl halides is 4. The van der Waals surface area contributed by atoms with E-state index in [0.717, 1.165) is 11.6 Å². The van der Waals surface area contributed by atoms with E-state index in [1.807, 2.05) is 37.3 Å². The van der Waals surface area contributed by atoms with Crippen LogP contribution in [0.4, 0.5) is 23.2 Å². The quantitative estimate of drug-likeness (QED) is 0.339. The van der Waals surface area contributed by atoms with Crippen molar-refractivity contribution in [2.24, 2.45) is 0 Å². The van der Waals surface area contributed by atoms with Crippen LogP contribution in [0.15, 0.2) is 90.6 Å². The molecule has 3 aromatic rings. The van der Waals surface area contributed by atoms with Crippen molar-refractivity contribution in [3.63, 3.8) is 0 Å². The highest BCUT2D eigenvalue weighted by atomic mass is 35.5. The average Bonchev–Trinajstić information content (AvgIpc) is 3.16. The van der Waals surface area contributed by atoms with E-state index >= 15 is 0 Å². The van der Waals surface area contributed by atoms with Gasteiger partial charge >= 0.3 is 12.5 Å². The Hall–Kier alpha value is -3.52.